The van der Waals surface area contributed by atoms with E-state index in [2.05, 4.69) is 4.74 Å². The van der Waals surface area contributed by atoms with Crippen molar-refractivity contribution in [3.05, 3.63) is 11.8 Å². The van der Waals surface area contributed by atoms with E-state index in [0.29, 0.717) is 0 Å². The Morgan fingerprint density at radius 3 is 2.29 bits per heavy atom. The van der Waals surface area contributed by atoms with Crippen LogP contribution in [0.15, 0.2) is 11.8 Å². The van der Waals surface area contributed by atoms with Crippen LogP contribution >= 0.6 is 0 Å². The maximum Gasteiger partial charge on any atom is 0.345 e. The van der Waals surface area contributed by atoms with Gasteiger partial charge in [-0.15, -0.1) is 0 Å². The second-order valence-electron chi connectivity index (χ2n) is 3.00. The van der Waals surface area contributed by atoms with Gasteiger partial charge in [0.2, 0.25) is 0 Å². The van der Waals surface area contributed by atoms with Crippen molar-refractivity contribution in [2.45, 2.75) is 33.3 Å². The summed E-state index contributed by atoms with van der Waals surface area (Å²) >= 11 is 0. The molecule has 0 spiro atoms. The van der Waals surface area contributed by atoms with Crippen LogP contribution in [0.2, 0.25) is 0 Å². The number of Topliss-reactive ketones (excluding diaryl/α,β-unsaturated/α-hetero) is 1. The monoisotopic (exact) mass is 200 g/mol. The first-order valence-electron chi connectivity index (χ1n) is 4.50. The number of methoxy groups -OCH3 is 1. The summed E-state index contributed by atoms with van der Waals surface area (Å²) in [4.78, 5) is 22.6. The summed E-state index contributed by atoms with van der Waals surface area (Å²) in [6.07, 6.45) is 1.13. The van der Waals surface area contributed by atoms with Crippen LogP contribution in [0.4, 0.5) is 0 Å². The molecule has 0 saturated heterocycles. The van der Waals surface area contributed by atoms with Crippen molar-refractivity contribution in [1.82, 2.24) is 0 Å². The highest BCUT2D eigenvalue weighted by molar-refractivity contribution is 6.16. The van der Waals surface area contributed by atoms with Gasteiger partial charge in [0.25, 0.3) is 0 Å². The molecule has 0 radical (unpaired) electrons. The topological polar surface area (TPSA) is 52.6 Å². The molecule has 0 bridgehead atoms. The Morgan fingerprint density at radius 1 is 1.36 bits per heavy atom. The van der Waals surface area contributed by atoms with Gasteiger partial charge in [-0.3, -0.25) is 4.79 Å². The molecule has 0 unspecified atom stereocenters. The molecule has 0 N–H and O–H groups in total. The van der Waals surface area contributed by atoms with Crippen LogP contribution in [0.25, 0.3) is 0 Å². The van der Waals surface area contributed by atoms with Crippen LogP contribution in [0, 0.1) is 0 Å². The minimum atomic E-state index is -0.631. The van der Waals surface area contributed by atoms with E-state index in [4.69, 9.17) is 4.74 Å². The lowest BCUT2D eigenvalue weighted by Gasteiger charge is -2.08. The summed E-state index contributed by atoms with van der Waals surface area (Å²) in [5, 5.41) is 0. The number of ketones is 1. The molecule has 0 heterocycles. The predicted molar refractivity (Wildman–Crippen MR) is 51.6 cm³/mol. The van der Waals surface area contributed by atoms with E-state index >= 15 is 0 Å². The van der Waals surface area contributed by atoms with Gasteiger partial charge in [0.15, 0.2) is 5.78 Å². The van der Waals surface area contributed by atoms with E-state index in [1.54, 1.807) is 20.8 Å². The SMILES string of the molecule is CCC(=O)C(=COC)C(=O)OC(C)C. The average Bonchev–Trinajstić information content (AvgIpc) is 2.11. The normalized spacial score (nSPS) is 11.4. The fraction of sp³-hybridized carbons (Fsp3) is 0.600. The lowest BCUT2D eigenvalue weighted by atomic mass is 10.1. The zero-order valence-corrected chi connectivity index (χ0v) is 8.99. The van der Waals surface area contributed by atoms with Crippen molar-refractivity contribution in [2.24, 2.45) is 0 Å². The number of carbonyl (C=O) groups excluding carboxylic acids is 2. The van der Waals surface area contributed by atoms with Crippen LogP contribution in [0.3, 0.4) is 0 Å². The quantitative estimate of drug-likeness (QED) is 0.221. The summed E-state index contributed by atoms with van der Waals surface area (Å²) in [5.74, 6) is -0.911. The van der Waals surface area contributed by atoms with Crippen LogP contribution in [-0.2, 0) is 19.1 Å². The standard InChI is InChI=1S/C10H16O4/c1-5-9(11)8(6-13-4)10(12)14-7(2)3/h6-7H,5H2,1-4H3. The van der Waals surface area contributed by atoms with Crippen LogP contribution < -0.4 is 0 Å². The third kappa shape index (κ3) is 4.07. The average molecular weight is 200 g/mol. The zero-order chi connectivity index (χ0) is 11.1. The number of ether oxygens (including phenoxy) is 2. The maximum absolute atomic E-state index is 11.4. The lowest BCUT2D eigenvalue weighted by molar-refractivity contribution is -0.144. The molecule has 0 aliphatic rings. The number of carbonyl (C=O) groups is 2. The lowest BCUT2D eigenvalue weighted by Crippen LogP contribution is -2.19. The minimum absolute atomic E-state index is 0.0382. The van der Waals surface area contributed by atoms with Crippen molar-refractivity contribution in [1.29, 1.82) is 0 Å². The highest BCUT2D eigenvalue weighted by atomic mass is 16.5. The molecule has 0 amide bonds. The largest absolute Gasteiger partial charge is 0.503 e. The van der Waals surface area contributed by atoms with Gasteiger partial charge in [0.05, 0.1) is 13.2 Å². The molecular formula is C10H16O4. The zero-order valence-electron chi connectivity index (χ0n) is 8.99. The van der Waals surface area contributed by atoms with Crippen LogP contribution in [-0.4, -0.2) is 25.0 Å². The molecule has 4 heteroatoms. The number of hydrogen-bond donors (Lipinski definition) is 0. The Morgan fingerprint density at radius 2 is 1.93 bits per heavy atom. The summed E-state index contributed by atoms with van der Waals surface area (Å²) in [6.45, 7) is 5.12. The summed E-state index contributed by atoms with van der Waals surface area (Å²) in [7, 11) is 1.38. The number of hydrogen-bond acceptors (Lipinski definition) is 4. The van der Waals surface area contributed by atoms with Crippen molar-refractivity contribution >= 4 is 11.8 Å². The molecule has 14 heavy (non-hydrogen) atoms. The Hall–Kier alpha value is -1.32. The molecule has 80 valence electrons. The number of rotatable bonds is 5. The summed E-state index contributed by atoms with van der Waals surface area (Å²) in [5.41, 5.74) is -0.0382. The van der Waals surface area contributed by atoms with Gasteiger partial charge in [-0.2, -0.15) is 0 Å². The molecule has 0 aliphatic carbocycles. The van der Waals surface area contributed by atoms with E-state index in [9.17, 15) is 9.59 Å². The van der Waals surface area contributed by atoms with Gasteiger partial charge in [-0.25, -0.2) is 4.79 Å². The fourth-order valence-electron chi connectivity index (χ4n) is 0.814. The highest BCUT2D eigenvalue weighted by Gasteiger charge is 2.19. The second-order valence-corrected chi connectivity index (χ2v) is 3.00. The molecule has 0 aliphatic heterocycles. The molecule has 0 rings (SSSR count). The van der Waals surface area contributed by atoms with Crippen molar-refractivity contribution in [3.63, 3.8) is 0 Å². The van der Waals surface area contributed by atoms with E-state index in [1.165, 1.54) is 7.11 Å². The van der Waals surface area contributed by atoms with Gasteiger partial charge in [0, 0.05) is 6.42 Å². The predicted octanol–water partition coefficient (Wildman–Crippen LogP) is 1.45. The van der Waals surface area contributed by atoms with Crippen LogP contribution in [0.1, 0.15) is 27.2 Å². The van der Waals surface area contributed by atoms with Crippen molar-refractivity contribution < 1.29 is 19.1 Å². The molecule has 0 atom stereocenters. The van der Waals surface area contributed by atoms with Gasteiger partial charge >= 0.3 is 5.97 Å². The molecular weight excluding hydrogens is 184 g/mol. The van der Waals surface area contributed by atoms with Crippen molar-refractivity contribution in [2.75, 3.05) is 7.11 Å². The summed E-state index contributed by atoms with van der Waals surface area (Å²) in [6, 6.07) is 0. The van der Waals surface area contributed by atoms with Crippen LogP contribution in [0.5, 0.6) is 0 Å². The molecule has 4 nitrogen and oxygen atoms in total. The molecule has 0 aromatic heterocycles. The third-order valence-corrected chi connectivity index (χ3v) is 1.42. The molecule has 0 fully saturated rings. The van der Waals surface area contributed by atoms with E-state index in [1.807, 2.05) is 0 Å². The number of esters is 1. The van der Waals surface area contributed by atoms with E-state index in [0.717, 1.165) is 6.26 Å². The Kier molecular flexibility index (Phi) is 5.60. The Labute approximate surface area is 83.9 Å². The second kappa shape index (κ2) is 6.18. The van der Waals surface area contributed by atoms with Gasteiger partial charge in [0.1, 0.15) is 11.8 Å². The van der Waals surface area contributed by atoms with E-state index in [-0.39, 0.29) is 23.9 Å². The molecule has 0 aromatic rings. The van der Waals surface area contributed by atoms with Gasteiger partial charge < -0.3 is 9.47 Å². The maximum atomic E-state index is 11.4. The Bertz CT molecular complexity index is 241. The molecule has 0 aromatic carbocycles. The summed E-state index contributed by atoms with van der Waals surface area (Å²) < 4.78 is 9.53. The van der Waals surface area contributed by atoms with Gasteiger partial charge in [-0.1, -0.05) is 6.92 Å². The van der Waals surface area contributed by atoms with Crippen molar-refractivity contribution in [3.8, 4) is 0 Å². The smallest absolute Gasteiger partial charge is 0.345 e. The van der Waals surface area contributed by atoms with E-state index < -0.39 is 5.97 Å². The molecule has 0 saturated carbocycles. The highest BCUT2D eigenvalue weighted by Crippen LogP contribution is 2.05. The fourth-order valence-corrected chi connectivity index (χ4v) is 0.814. The van der Waals surface area contributed by atoms with Gasteiger partial charge in [-0.05, 0) is 13.8 Å². The first kappa shape index (κ1) is 12.7. The Balaban J connectivity index is 4.59. The third-order valence-electron chi connectivity index (χ3n) is 1.42. The minimum Gasteiger partial charge on any atom is -0.503 e. The first-order chi connectivity index (χ1) is 6.52. The first-order valence-corrected chi connectivity index (χ1v) is 4.50.